The summed E-state index contributed by atoms with van der Waals surface area (Å²) in [5.74, 6) is 0.200. The summed E-state index contributed by atoms with van der Waals surface area (Å²) in [6.45, 7) is 4.13. The van der Waals surface area contributed by atoms with Gasteiger partial charge in [0.25, 0.3) is 5.91 Å². The molecule has 0 aromatic heterocycles. The van der Waals surface area contributed by atoms with E-state index >= 15 is 0 Å². The number of amides is 1. The van der Waals surface area contributed by atoms with Crippen LogP contribution in [-0.2, 0) is 0 Å². The number of carbonyl (C=O) groups excluding carboxylic acids is 1. The molecular formula is C17H24N2OS. The van der Waals surface area contributed by atoms with Crippen molar-refractivity contribution in [1.82, 2.24) is 10.2 Å². The second kappa shape index (κ2) is 6.41. The number of piperidine rings is 2. The Balaban J connectivity index is 1.61. The van der Waals surface area contributed by atoms with E-state index in [2.05, 4.69) is 11.6 Å². The van der Waals surface area contributed by atoms with Gasteiger partial charge in [-0.15, -0.1) is 11.8 Å². The maximum Gasteiger partial charge on any atom is 0.253 e. The maximum atomic E-state index is 12.6. The molecule has 1 amide bonds. The number of hydrogen-bond acceptors (Lipinski definition) is 3. The molecule has 0 saturated carbocycles. The third-order valence-electron chi connectivity index (χ3n) is 5.11. The Morgan fingerprint density at radius 1 is 1.10 bits per heavy atom. The third kappa shape index (κ3) is 3.27. The first kappa shape index (κ1) is 14.9. The first-order chi connectivity index (χ1) is 10.2. The molecule has 1 aromatic carbocycles. The van der Waals surface area contributed by atoms with Crippen LogP contribution in [0.1, 0.15) is 36.0 Å². The van der Waals surface area contributed by atoms with Crippen LogP contribution in [0.2, 0.25) is 0 Å². The quantitative estimate of drug-likeness (QED) is 0.853. The molecule has 0 radical (unpaired) electrons. The van der Waals surface area contributed by atoms with Crippen molar-refractivity contribution in [1.29, 1.82) is 0 Å². The van der Waals surface area contributed by atoms with E-state index < -0.39 is 0 Å². The zero-order chi connectivity index (χ0) is 14.7. The van der Waals surface area contributed by atoms with E-state index in [1.54, 1.807) is 11.8 Å². The number of carbonyl (C=O) groups is 1. The van der Waals surface area contributed by atoms with Crippen LogP contribution in [0.15, 0.2) is 29.2 Å². The minimum Gasteiger partial charge on any atom is -0.339 e. The van der Waals surface area contributed by atoms with Gasteiger partial charge in [-0.05, 0) is 74.7 Å². The molecule has 0 aliphatic carbocycles. The first-order valence-electron chi connectivity index (χ1n) is 7.87. The zero-order valence-corrected chi connectivity index (χ0v) is 13.5. The Kier molecular flexibility index (Phi) is 4.55. The average molecular weight is 304 g/mol. The van der Waals surface area contributed by atoms with Gasteiger partial charge in [-0.1, -0.05) is 0 Å². The highest BCUT2D eigenvalue weighted by Gasteiger charge is 2.36. The maximum absolute atomic E-state index is 12.6. The van der Waals surface area contributed by atoms with E-state index in [0.717, 1.165) is 31.7 Å². The molecule has 114 valence electrons. The number of benzene rings is 1. The molecular weight excluding hydrogens is 280 g/mol. The van der Waals surface area contributed by atoms with Gasteiger partial charge >= 0.3 is 0 Å². The number of rotatable bonds is 2. The molecule has 2 aliphatic rings. The molecule has 3 rings (SSSR count). The van der Waals surface area contributed by atoms with Gasteiger partial charge in [-0.25, -0.2) is 0 Å². The fraction of sp³-hybridized carbons (Fsp3) is 0.588. The summed E-state index contributed by atoms with van der Waals surface area (Å²) < 4.78 is 0. The lowest BCUT2D eigenvalue weighted by molar-refractivity contribution is 0.0495. The molecule has 2 aliphatic heterocycles. The van der Waals surface area contributed by atoms with Crippen LogP contribution in [0.5, 0.6) is 0 Å². The minimum absolute atomic E-state index is 0.200. The summed E-state index contributed by atoms with van der Waals surface area (Å²) in [6, 6.07) is 8.00. The summed E-state index contributed by atoms with van der Waals surface area (Å²) >= 11 is 1.71. The molecule has 1 spiro atoms. The minimum atomic E-state index is 0.200. The van der Waals surface area contributed by atoms with Gasteiger partial charge in [-0.2, -0.15) is 0 Å². The predicted octanol–water partition coefficient (Wildman–Crippen LogP) is 3.01. The number of thioether (sulfide) groups is 1. The fourth-order valence-electron chi connectivity index (χ4n) is 3.56. The van der Waals surface area contributed by atoms with Gasteiger partial charge in [0.15, 0.2) is 0 Å². The van der Waals surface area contributed by atoms with Crippen LogP contribution in [-0.4, -0.2) is 43.2 Å². The van der Waals surface area contributed by atoms with E-state index in [0.29, 0.717) is 5.41 Å². The molecule has 4 heteroatoms. The Hall–Kier alpha value is -1.00. The second-order valence-corrected chi connectivity index (χ2v) is 7.15. The van der Waals surface area contributed by atoms with Gasteiger partial charge in [0.1, 0.15) is 0 Å². The van der Waals surface area contributed by atoms with Crippen LogP contribution >= 0.6 is 11.8 Å². The molecule has 2 heterocycles. The lowest BCUT2D eigenvalue weighted by Gasteiger charge is -2.44. The highest BCUT2D eigenvalue weighted by atomic mass is 32.2. The van der Waals surface area contributed by atoms with Gasteiger partial charge in [0.2, 0.25) is 0 Å². The van der Waals surface area contributed by atoms with E-state index in [-0.39, 0.29) is 5.91 Å². The monoisotopic (exact) mass is 304 g/mol. The smallest absolute Gasteiger partial charge is 0.253 e. The summed E-state index contributed by atoms with van der Waals surface area (Å²) in [7, 11) is 0. The van der Waals surface area contributed by atoms with E-state index in [1.807, 2.05) is 29.2 Å². The topological polar surface area (TPSA) is 32.3 Å². The van der Waals surface area contributed by atoms with Crippen LogP contribution in [0.4, 0.5) is 0 Å². The number of nitrogens with one attached hydrogen (secondary N) is 1. The van der Waals surface area contributed by atoms with Crippen LogP contribution < -0.4 is 5.32 Å². The SMILES string of the molecule is CSc1ccc(C(=O)N2CCC3(CCNCC3)CC2)cc1. The Morgan fingerprint density at radius 3 is 2.29 bits per heavy atom. The molecule has 0 unspecified atom stereocenters. The van der Waals surface area contributed by atoms with E-state index in [1.165, 1.54) is 30.6 Å². The van der Waals surface area contributed by atoms with Crippen LogP contribution in [0, 0.1) is 5.41 Å². The van der Waals surface area contributed by atoms with Crippen molar-refractivity contribution in [2.75, 3.05) is 32.4 Å². The fourth-order valence-corrected chi connectivity index (χ4v) is 3.97. The number of nitrogens with zero attached hydrogens (tertiary/aromatic N) is 1. The molecule has 3 nitrogen and oxygen atoms in total. The van der Waals surface area contributed by atoms with Crippen molar-refractivity contribution in [2.45, 2.75) is 30.6 Å². The van der Waals surface area contributed by atoms with Gasteiger partial charge in [0.05, 0.1) is 0 Å². The van der Waals surface area contributed by atoms with Crippen molar-refractivity contribution >= 4 is 17.7 Å². The molecule has 21 heavy (non-hydrogen) atoms. The molecule has 0 bridgehead atoms. The zero-order valence-electron chi connectivity index (χ0n) is 12.7. The van der Waals surface area contributed by atoms with Crippen LogP contribution in [0.25, 0.3) is 0 Å². The Bertz CT molecular complexity index is 484. The summed E-state index contributed by atoms with van der Waals surface area (Å²) in [5, 5.41) is 3.44. The molecule has 2 fully saturated rings. The Labute approximate surface area is 131 Å². The highest BCUT2D eigenvalue weighted by molar-refractivity contribution is 7.98. The summed E-state index contributed by atoms with van der Waals surface area (Å²) in [5.41, 5.74) is 1.33. The predicted molar refractivity (Wildman–Crippen MR) is 87.9 cm³/mol. The van der Waals surface area contributed by atoms with E-state index in [4.69, 9.17) is 0 Å². The Morgan fingerprint density at radius 2 is 1.71 bits per heavy atom. The third-order valence-corrected chi connectivity index (χ3v) is 5.86. The molecule has 0 atom stereocenters. The van der Waals surface area contributed by atoms with Crippen molar-refractivity contribution < 1.29 is 4.79 Å². The molecule has 2 saturated heterocycles. The average Bonchev–Trinajstić information content (AvgIpc) is 2.56. The van der Waals surface area contributed by atoms with Crippen LogP contribution in [0.3, 0.4) is 0 Å². The first-order valence-corrected chi connectivity index (χ1v) is 9.09. The van der Waals surface area contributed by atoms with Crippen molar-refractivity contribution in [3.8, 4) is 0 Å². The van der Waals surface area contributed by atoms with Crippen molar-refractivity contribution in [2.24, 2.45) is 5.41 Å². The summed E-state index contributed by atoms with van der Waals surface area (Å²) in [6.07, 6.45) is 6.95. The lowest BCUT2D eigenvalue weighted by Crippen LogP contribution is -2.47. The van der Waals surface area contributed by atoms with Gasteiger partial charge in [-0.3, -0.25) is 4.79 Å². The second-order valence-electron chi connectivity index (χ2n) is 6.27. The normalized spacial score (nSPS) is 21.5. The molecule has 1 N–H and O–H groups in total. The summed E-state index contributed by atoms with van der Waals surface area (Å²) in [4.78, 5) is 15.8. The van der Waals surface area contributed by atoms with E-state index in [9.17, 15) is 4.79 Å². The van der Waals surface area contributed by atoms with Crippen molar-refractivity contribution in [3.63, 3.8) is 0 Å². The van der Waals surface area contributed by atoms with Crippen molar-refractivity contribution in [3.05, 3.63) is 29.8 Å². The molecule has 1 aromatic rings. The largest absolute Gasteiger partial charge is 0.339 e. The number of likely N-dealkylation sites (tertiary alicyclic amines) is 1. The van der Waals surface area contributed by atoms with Gasteiger partial charge < -0.3 is 10.2 Å². The number of hydrogen-bond donors (Lipinski definition) is 1. The standard InChI is InChI=1S/C17H24N2OS/c1-21-15-4-2-14(3-5-15)16(20)19-12-8-17(9-13-19)6-10-18-11-7-17/h2-5,18H,6-13H2,1H3. The van der Waals surface area contributed by atoms with Gasteiger partial charge in [0, 0.05) is 23.5 Å². The highest BCUT2D eigenvalue weighted by Crippen LogP contribution is 2.39. The lowest BCUT2D eigenvalue weighted by atomic mass is 9.71.